The van der Waals surface area contributed by atoms with Gasteiger partial charge in [-0.2, -0.15) is 0 Å². The fourth-order valence-corrected chi connectivity index (χ4v) is 3.50. The summed E-state index contributed by atoms with van der Waals surface area (Å²) in [5.74, 6) is 0.211. The highest BCUT2D eigenvalue weighted by Crippen LogP contribution is 1.90. The molecule has 0 aromatic carbocycles. The van der Waals surface area contributed by atoms with Crippen LogP contribution in [0.1, 0.15) is 33.1 Å². The predicted octanol–water partition coefficient (Wildman–Crippen LogP) is 0.0353. The van der Waals surface area contributed by atoms with Gasteiger partial charge in [0.25, 0.3) is 0 Å². The van der Waals surface area contributed by atoms with Crippen LogP contribution in [-0.2, 0) is 20.0 Å². The first-order chi connectivity index (χ1) is 7.83. The molecular formula is C9H22N2O4S2. The van der Waals surface area contributed by atoms with Crippen molar-refractivity contribution in [1.82, 2.24) is 9.44 Å². The van der Waals surface area contributed by atoms with Crippen LogP contribution >= 0.6 is 0 Å². The number of rotatable bonds is 10. The molecule has 2 N–H and O–H groups in total. The van der Waals surface area contributed by atoms with Gasteiger partial charge in [-0.05, 0) is 19.3 Å². The van der Waals surface area contributed by atoms with E-state index in [4.69, 9.17) is 0 Å². The molecule has 0 saturated carbocycles. The molecule has 0 radical (unpaired) electrons. The molecule has 6 nitrogen and oxygen atoms in total. The number of sulfonamides is 2. The molecule has 17 heavy (non-hydrogen) atoms. The first-order valence-corrected chi connectivity index (χ1v) is 9.08. The monoisotopic (exact) mass is 286 g/mol. The Kier molecular flexibility index (Phi) is 7.93. The van der Waals surface area contributed by atoms with Gasteiger partial charge >= 0.3 is 0 Å². The van der Waals surface area contributed by atoms with Crippen molar-refractivity contribution in [2.24, 2.45) is 0 Å². The highest BCUT2D eigenvalue weighted by Gasteiger charge is 2.09. The molecule has 0 spiro atoms. The van der Waals surface area contributed by atoms with Gasteiger partial charge in [0.15, 0.2) is 0 Å². The third-order valence-electron chi connectivity index (χ3n) is 1.94. The Bertz CT molecular complexity index is 351. The lowest BCUT2D eigenvalue weighted by Crippen LogP contribution is -2.31. The van der Waals surface area contributed by atoms with Crippen LogP contribution in [-0.4, -0.2) is 41.4 Å². The smallest absolute Gasteiger partial charge is 0.211 e. The SMILES string of the molecule is CCCS(=O)(=O)NCCCNS(=O)(=O)CCC. The molecule has 0 unspecified atom stereocenters. The van der Waals surface area contributed by atoms with Crippen molar-refractivity contribution < 1.29 is 16.8 Å². The fourth-order valence-electron chi connectivity index (χ4n) is 1.23. The molecule has 0 aliphatic carbocycles. The number of hydrogen-bond donors (Lipinski definition) is 2. The summed E-state index contributed by atoms with van der Waals surface area (Å²) in [4.78, 5) is 0. The molecule has 0 aromatic rings. The maximum atomic E-state index is 11.2. The minimum Gasteiger partial charge on any atom is -0.215 e. The van der Waals surface area contributed by atoms with E-state index >= 15 is 0 Å². The molecule has 104 valence electrons. The summed E-state index contributed by atoms with van der Waals surface area (Å²) in [5.41, 5.74) is 0. The Morgan fingerprint density at radius 3 is 1.41 bits per heavy atom. The van der Waals surface area contributed by atoms with E-state index in [1.807, 2.05) is 0 Å². The van der Waals surface area contributed by atoms with Crippen molar-refractivity contribution in [2.45, 2.75) is 33.1 Å². The van der Waals surface area contributed by atoms with Gasteiger partial charge in [0.2, 0.25) is 20.0 Å². The molecule has 0 rings (SSSR count). The van der Waals surface area contributed by atoms with E-state index in [2.05, 4.69) is 9.44 Å². The van der Waals surface area contributed by atoms with Gasteiger partial charge in [-0.1, -0.05) is 13.8 Å². The molecule has 0 aliphatic heterocycles. The van der Waals surface area contributed by atoms with Crippen molar-refractivity contribution in [3.63, 3.8) is 0 Å². The predicted molar refractivity (Wildman–Crippen MR) is 68.8 cm³/mol. The first-order valence-electron chi connectivity index (χ1n) is 5.77. The third kappa shape index (κ3) is 9.51. The Morgan fingerprint density at radius 2 is 1.12 bits per heavy atom. The Hall–Kier alpha value is -0.180. The molecule has 0 heterocycles. The van der Waals surface area contributed by atoms with Crippen LogP contribution in [0.5, 0.6) is 0 Å². The van der Waals surface area contributed by atoms with Crippen molar-refractivity contribution in [2.75, 3.05) is 24.6 Å². The molecule has 0 bridgehead atoms. The highest BCUT2D eigenvalue weighted by molar-refractivity contribution is 7.89. The van der Waals surface area contributed by atoms with Crippen molar-refractivity contribution in [3.8, 4) is 0 Å². The molecule has 0 fully saturated rings. The van der Waals surface area contributed by atoms with Crippen molar-refractivity contribution in [1.29, 1.82) is 0 Å². The van der Waals surface area contributed by atoms with E-state index in [9.17, 15) is 16.8 Å². The van der Waals surface area contributed by atoms with Crippen LogP contribution in [0.2, 0.25) is 0 Å². The Balaban J connectivity index is 3.74. The summed E-state index contributed by atoms with van der Waals surface area (Å²) in [6.45, 7) is 4.10. The van der Waals surface area contributed by atoms with Gasteiger partial charge in [0.1, 0.15) is 0 Å². The molecule has 0 aliphatic rings. The second kappa shape index (κ2) is 8.02. The Labute approximate surface area is 104 Å². The Morgan fingerprint density at radius 1 is 0.765 bits per heavy atom. The van der Waals surface area contributed by atoms with Gasteiger partial charge in [-0.15, -0.1) is 0 Å². The van der Waals surface area contributed by atoms with Crippen LogP contribution in [0.25, 0.3) is 0 Å². The number of hydrogen-bond acceptors (Lipinski definition) is 4. The van der Waals surface area contributed by atoms with Crippen LogP contribution in [0.4, 0.5) is 0 Å². The third-order valence-corrected chi connectivity index (χ3v) is 5.12. The summed E-state index contributed by atoms with van der Waals surface area (Å²) in [6, 6.07) is 0. The molecule has 0 saturated heterocycles. The summed E-state index contributed by atoms with van der Waals surface area (Å²) in [6.07, 6.45) is 1.59. The largest absolute Gasteiger partial charge is 0.215 e. The standard InChI is InChI=1S/C9H22N2O4S2/c1-3-8-16(12,13)10-6-5-7-11-17(14,15)9-4-2/h10-11H,3-9H2,1-2H3. The topological polar surface area (TPSA) is 92.3 Å². The second-order valence-corrected chi connectivity index (χ2v) is 7.63. The summed E-state index contributed by atoms with van der Waals surface area (Å²) < 4.78 is 49.8. The average molecular weight is 286 g/mol. The van der Waals surface area contributed by atoms with Crippen LogP contribution < -0.4 is 9.44 Å². The van der Waals surface area contributed by atoms with E-state index in [0.717, 1.165) is 0 Å². The quantitative estimate of drug-likeness (QED) is 0.554. The van der Waals surface area contributed by atoms with E-state index in [-0.39, 0.29) is 24.6 Å². The van der Waals surface area contributed by atoms with E-state index in [0.29, 0.717) is 19.3 Å². The molecule has 0 atom stereocenters. The zero-order valence-electron chi connectivity index (χ0n) is 10.4. The average Bonchev–Trinajstić information content (AvgIpc) is 2.16. The van der Waals surface area contributed by atoms with E-state index in [1.54, 1.807) is 13.8 Å². The fraction of sp³-hybridized carbons (Fsp3) is 1.00. The van der Waals surface area contributed by atoms with Gasteiger partial charge in [0.05, 0.1) is 11.5 Å². The molecule has 0 aromatic heterocycles. The maximum absolute atomic E-state index is 11.2. The van der Waals surface area contributed by atoms with E-state index in [1.165, 1.54) is 0 Å². The minimum absolute atomic E-state index is 0.106. The van der Waals surface area contributed by atoms with Crippen LogP contribution in [0.3, 0.4) is 0 Å². The summed E-state index contributed by atoms with van der Waals surface area (Å²) in [7, 11) is -6.37. The van der Waals surface area contributed by atoms with E-state index < -0.39 is 20.0 Å². The lowest BCUT2D eigenvalue weighted by molar-refractivity contribution is 0.571. The van der Waals surface area contributed by atoms with Crippen molar-refractivity contribution >= 4 is 20.0 Å². The normalized spacial score (nSPS) is 12.8. The van der Waals surface area contributed by atoms with Gasteiger partial charge < -0.3 is 0 Å². The van der Waals surface area contributed by atoms with Crippen LogP contribution in [0, 0.1) is 0 Å². The summed E-state index contributed by atoms with van der Waals surface area (Å²) in [5, 5.41) is 0. The van der Waals surface area contributed by atoms with Crippen LogP contribution in [0.15, 0.2) is 0 Å². The molecular weight excluding hydrogens is 264 g/mol. The second-order valence-electron chi connectivity index (χ2n) is 3.78. The number of nitrogens with one attached hydrogen (secondary N) is 2. The van der Waals surface area contributed by atoms with Gasteiger partial charge in [0, 0.05) is 13.1 Å². The minimum atomic E-state index is -3.19. The molecule has 0 amide bonds. The van der Waals surface area contributed by atoms with Gasteiger partial charge in [-0.3, -0.25) is 0 Å². The maximum Gasteiger partial charge on any atom is 0.211 e. The van der Waals surface area contributed by atoms with Gasteiger partial charge in [-0.25, -0.2) is 26.3 Å². The lowest BCUT2D eigenvalue weighted by Gasteiger charge is -2.07. The molecule has 8 heteroatoms. The highest BCUT2D eigenvalue weighted by atomic mass is 32.2. The zero-order valence-corrected chi connectivity index (χ0v) is 12.0. The summed E-state index contributed by atoms with van der Waals surface area (Å²) >= 11 is 0. The zero-order chi connectivity index (χ0) is 13.4. The lowest BCUT2D eigenvalue weighted by atomic mass is 10.4. The first kappa shape index (κ1) is 16.8. The van der Waals surface area contributed by atoms with Crippen molar-refractivity contribution in [3.05, 3.63) is 0 Å².